The third-order valence-electron chi connectivity index (χ3n) is 2.15. The van der Waals surface area contributed by atoms with Gasteiger partial charge in [0.05, 0.1) is 13.7 Å². The van der Waals surface area contributed by atoms with E-state index in [2.05, 4.69) is 0 Å². The normalized spacial score (nSPS) is 12.6. The molecule has 1 atom stereocenters. The number of aliphatic hydroxyl groups is 1. The van der Waals surface area contributed by atoms with Crippen molar-refractivity contribution in [3.05, 3.63) is 28.8 Å². The van der Waals surface area contributed by atoms with Crippen LogP contribution in [-0.2, 0) is 0 Å². The van der Waals surface area contributed by atoms with E-state index in [0.29, 0.717) is 17.3 Å². The molecule has 0 heterocycles. The molecule has 0 fully saturated rings. The second kappa shape index (κ2) is 5.20. The van der Waals surface area contributed by atoms with Gasteiger partial charge in [-0.25, -0.2) is 0 Å². The van der Waals surface area contributed by atoms with Gasteiger partial charge in [0.2, 0.25) is 0 Å². The lowest BCUT2D eigenvalue weighted by atomic mass is 10.00. The van der Waals surface area contributed by atoms with Gasteiger partial charge in [-0.05, 0) is 17.7 Å². The Balaban J connectivity index is 2.98. The number of ether oxygens (including phenoxy) is 1. The minimum atomic E-state index is -0.103. The van der Waals surface area contributed by atoms with Crippen LogP contribution in [0.4, 0.5) is 0 Å². The zero-order chi connectivity index (χ0) is 10.6. The summed E-state index contributed by atoms with van der Waals surface area (Å²) < 4.78 is 5.02. The summed E-state index contributed by atoms with van der Waals surface area (Å²) in [5.41, 5.74) is 6.36. The van der Waals surface area contributed by atoms with Gasteiger partial charge in [-0.2, -0.15) is 0 Å². The fraction of sp³-hybridized carbons (Fsp3) is 0.400. The van der Waals surface area contributed by atoms with Crippen molar-refractivity contribution in [2.75, 3.05) is 20.3 Å². The highest BCUT2D eigenvalue weighted by Gasteiger charge is 2.12. The van der Waals surface area contributed by atoms with Crippen LogP contribution >= 0.6 is 11.6 Å². The Labute approximate surface area is 88.4 Å². The van der Waals surface area contributed by atoms with E-state index in [1.165, 1.54) is 0 Å². The van der Waals surface area contributed by atoms with E-state index in [1.807, 2.05) is 6.07 Å². The minimum Gasteiger partial charge on any atom is -0.497 e. The summed E-state index contributed by atoms with van der Waals surface area (Å²) in [5, 5.41) is 9.64. The molecule has 78 valence electrons. The number of methoxy groups -OCH3 is 1. The molecule has 0 saturated heterocycles. The summed E-state index contributed by atoms with van der Waals surface area (Å²) in [4.78, 5) is 0. The van der Waals surface area contributed by atoms with E-state index in [4.69, 9.17) is 27.2 Å². The molecule has 0 saturated carbocycles. The van der Waals surface area contributed by atoms with E-state index < -0.39 is 0 Å². The van der Waals surface area contributed by atoms with Gasteiger partial charge in [0.15, 0.2) is 0 Å². The summed E-state index contributed by atoms with van der Waals surface area (Å²) in [7, 11) is 1.58. The first-order chi connectivity index (χ1) is 6.72. The first-order valence-electron chi connectivity index (χ1n) is 4.37. The fourth-order valence-corrected chi connectivity index (χ4v) is 1.59. The van der Waals surface area contributed by atoms with Crippen LogP contribution in [0.15, 0.2) is 18.2 Å². The average molecular weight is 216 g/mol. The molecular weight excluding hydrogens is 202 g/mol. The van der Waals surface area contributed by atoms with Gasteiger partial charge in [0, 0.05) is 17.5 Å². The maximum absolute atomic E-state index is 9.06. The Bertz CT molecular complexity index is 300. The molecule has 0 aliphatic rings. The number of nitrogens with two attached hydrogens (primary N) is 1. The van der Waals surface area contributed by atoms with E-state index in [9.17, 15) is 0 Å². The highest BCUT2D eigenvalue weighted by molar-refractivity contribution is 6.31. The lowest BCUT2D eigenvalue weighted by molar-refractivity contribution is 0.268. The molecule has 1 aromatic carbocycles. The number of hydrogen-bond donors (Lipinski definition) is 2. The maximum Gasteiger partial charge on any atom is 0.120 e. The standard InChI is InChI=1S/C10H14ClNO2/c1-14-8-2-3-9(10(11)4-8)7(5-12)6-13/h2-4,7,13H,5-6,12H2,1H3. The molecule has 4 heteroatoms. The van der Waals surface area contributed by atoms with Crippen molar-refractivity contribution in [3.8, 4) is 5.75 Å². The van der Waals surface area contributed by atoms with Crippen LogP contribution in [-0.4, -0.2) is 25.4 Å². The van der Waals surface area contributed by atoms with Crippen LogP contribution in [0, 0.1) is 0 Å². The van der Waals surface area contributed by atoms with Crippen molar-refractivity contribution in [1.82, 2.24) is 0 Å². The summed E-state index contributed by atoms with van der Waals surface area (Å²) in [5.74, 6) is 0.598. The topological polar surface area (TPSA) is 55.5 Å². The Morgan fingerprint density at radius 3 is 2.71 bits per heavy atom. The van der Waals surface area contributed by atoms with E-state index in [-0.39, 0.29) is 12.5 Å². The second-order valence-electron chi connectivity index (χ2n) is 3.00. The number of benzene rings is 1. The molecule has 0 amide bonds. The molecule has 0 spiro atoms. The first-order valence-corrected chi connectivity index (χ1v) is 4.75. The Hall–Kier alpha value is -0.770. The Morgan fingerprint density at radius 2 is 2.29 bits per heavy atom. The van der Waals surface area contributed by atoms with E-state index in [1.54, 1.807) is 19.2 Å². The molecule has 0 aromatic heterocycles. The lowest BCUT2D eigenvalue weighted by Gasteiger charge is -2.14. The number of hydrogen-bond acceptors (Lipinski definition) is 3. The molecule has 0 bridgehead atoms. The summed E-state index contributed by atoms with van der Waals surface area (Å²) >= 11 is 6.01. The van der Waals surface area contributed by atoms with Crippen LogP contribution in [0.2, 0.25) is 5.02 Å². The molecule has 0 aliphatic carbocycles. The number of aliphatic hydroxyl groups excluding tert-OH is 1. The second-order valence-corrected chi connectivity index (χ2v) is 3.41. The van der Waals surface area contributed by atoms with Crippen LogP contribution in [0.5, 0.6) is 5.75 Å². The van der Waals surface area contributed by atoms with Gasteiger partial charge in [-0.15, -0.1) is 0 Å². The molecule has 1 rings (SSSR count). The zero-order valence-electron chi connectivity index (χ0n) is 8.03. The van der Waals surface area contributed by atoms with Crippen molar-refractivity contribution in [2.45, 2.75) is 5.92 Å². The molecule has 1 unspecified atom stereocenters. The van der Waals surface area contributed by atoms with Gasteiger partial charge < -0.3 is 15.6 Å². The molecule has 0 radical (unpaired) electrons. The van der Waals surface area contributed by atoms with Crippen LogP contribution in [0.1, 0.15) is 11.5 Å². The molecule has 3 N–H and O–H groups in total. The molecule has 0 aliphatic heterocycles. The Kier molecular flexibility index (Phi) is 4.20. The van der Waals surface area contributed by atoms with Crippen LogP contribution < -0.4 is 10.5 Å². The quantitative estimate of drug-likeness (QED) is 0.798. The molecule has 3 nitrogen and oxygen atoms in total. The number of halogens is 1. The van der Waals surface area contributed by atoms with Gasteiger partial charge in [0.1, 0.15) is 5.75 Å². The third-order valence-corrected chi connectivity index (χ3v) is 2.48. The summed E-state index contributed by atoms with van der Waals surface area (Å²) in [6.07, 6.45) is 0. The zero-order valence-corrected chi connectivity index (χ0v) is 8.79. The van der Waals surface area contributed by atoms with Crippen LogP contribution in [0.3, 0.4) is 0 Å². The maximum atomic E-state index is 9.06. The summed E-state index contributed by atoms with van der Waals surface area (Å²) in [6, 6.07) is 5.35. The van der Waals surface area contributed by atoms with Gasteiger partial charge >= 0.3 is 0 Å². The van der Waals surface area contributed by atoms with E-state index >= 15 is 0 Å². The summed E-state index contributed by atoms with van der Waals surface area (Å²) in [6.45, 7) is 0.380. The Morgan fingerprint density at radius 1 is 1.57 bits per heavy atom. The highest BCUT2D eigenvalue weighted by atomic mass is 35.5. The predicted molar refractivity (Wildman–Crippen MR) is 56.9 cm³/mol. The third kappa shape index (κ3) is 2.38. The van der Waals surface area contributed by atoms with E-state index in [0.717, 1.165) is 5.56 Å². The number of rotatable bonds is 4. The van der Waals surface area contributed by atoms with Crippen LogP contribution in [0.25, 0.3) is 0 Å². The monoisotopic (exact) mass is 215 g/mol. The van der Waals surface area contributed by atoms with Crippen molar-refractivity contribution in [3.63, 3.8) is 0 Å². The molecule has 1 aromatic rings. The van der Waals surface area contributed by atoms with Crippen molar-refractivity contribution in [1.29, 1.82) is 0 Å². The molecule has 14 heavy (non-hydrogen) atoms. The lowest BCUT2D eigenvalue weighted by Crippen LogP contribution is -2.16. The average Bonchev–Trinajstić information content (AvgIpc) is 2.22. The first kappa shape index (κ1) is 11.3. The fourth-order valence-electron chi connectivity index (χ4n) is 1.27. The van der Waals surface area contributed by atoms with Crippen molar-refractivity contribution >= 4 is 11.6 Å². The minimum absolute atomic E-state index is 0.00253. The van der Waals surface area contributed by atoms with Gasteiger partial charge in [0.25, 0.3) is 0 Å². The van der Waals surface area contributed by atoms with Gasteiger partial charge in [-0.3, -0.25) is 0 Å². The van der Waals surface area contributed by atoms with Crippen molar-refractivity contribution in [2.24, 2.45) is 5.73 Å². The SMILES string of the molecule is COc1ccc(C(CN)CO)c(Cl)c1. The van der Waals surface area contributed by atoms with Crippen molar-refractivity contribution < 1.29 is 9.84 Å². The van der Waals surface area contributed by atoms with Gasteiger partial charge in [-0.1, -0.05) is 17.7 Å². The molecular formula is C10H14ClNO2. The predicted octanol–water partition coefficient (Wildman–Crippen LogP) is 1.38. The smallest absolute Gasteiger partial charge is 0.120 e. The largest absolute Gasteiger partial charge is 0.497 e. The highest BCUT2D eigenvalue weighted by Crippen LogP contribution is 2.27.